The van der Waals surface area contributed by atoms with Gasteiger partial charge in [-0.1, -0.05) is 6.07 Å². The molecule has 0 saturated heterocycles. The van der Waals surface area contributed by atoms with E-state index < -0.39 is 0 Å². The zero-order chi connectivity index (χ0) is 9.64. The lowest BCUT2D eigenvalue weighted by Crippen LogP contribution is -2.12. The number of rotatable bonds is 4. The fourth-order valence-corrected chi connectivity index (χ4v) is 1.25. The summed E-state index contributed by atoms with van der Waals surface area (Å²) in [4.78, 5) is 4.04. The normalized spacial score (nSPS) is 9.60. The molecule has 0 bridgehead atoms. The Morgan fingerprint density at radius 1 is 1.20 bits per heavy atom. The largest absolute Gasteiger partial charge is 0.468 e. The fourth-order valence-electron chi connectivity index (χ4n) is 1.25. The maximum Gasteiger partial charge on any atom is 0.117 e. The van der Waals surface area contributed by atoms with Crippen LogP contribution in [0.15, 0.2) is 47.3 Å². The van der Waals surface area contributed by atoms with Gasteiger partial charge < -0.3 is 9.73 Å². The van der Waals surface area contributed by atoms with E-state index in [4.69, 9.17) is 4.42 Å². The summed E-state index contributed by atoms with van der Waals surface area (Å²) in [5.41, 5.74) is 1.18. The summed E-state index contributed by atoms with van der Waals surface area (Å²) >= 11 is 0. The van der Waals surface area contributed by atoms with E-state index in [9.17, 15) is 0 Å². The van der Waals surface area contributed by atoms with Gasteiger partial charge in [0, 0.05) is 18.9 Å². The highest BCUT2D eigenvalue weighted by Gasteiger charge is 1.95. The summed E-state index contributed by atoms with van der Waals surface area (Å²) < 4.78 is 5.19. The molecule has 2 aromatic heterocycles. The van der Waals surface area contributed by atoms with Crippen LogP contribution < -0.4 is 5.32 Å². The first-order valence-electron chi connectivity index (χ1n) is 4.57. The molecular formula is C11H13ClN2O. The third-order valence-corrected chi connectivity index (χ3v) is 1.93. The van der Waals surface area contributed by atoms with Gasteiger partial charge in [0.25, 0.3) is 0 Å². The Bertz CT molecular complexity index is 361. The van der Waals surface area contributed by atoms with Gasteiger partial charge in [0.05, 0.1) is 12.8 Å². The van der Waals surface area contributed by atoms with Crippen molar-refractivity contribution >= 4 is 12.4 Å². The van der Waals surface area contributed by atoms with E-state index in [0.717, 1.165) is 18.8 Å². The van der Waals surface area contributed by atoms with Gasteiger partial charge in [0.2, 0.25) is 0 Å². The molecule has 2 rings (SSSR count). The Balaban J connectivity index is 0.00000112. The van der Waals surface area contributed by atoms with Crippen molar-refractivity contribution in [1.29, 1.82) is 0 Å². The van der Waals surface area contributed by atoms with Crippen molar-refractivity contribution in [2.45, 2.75) is 13.1 Å². The lowest BCUT2D eigenvalue weighted by atomic mass is 10.3. The van der Waals surface area contributed by atoms with Crippen LogP contribution in [0.1, 0.15) is 11.3 Å². The highest BCUT2D eigenvalue weighted by Crippen LogP contribution is 2.00. The van der Waals surface area contributed by atoms with Crippen LogP contribution >= 0.6 is 12.4 Å². The van der Waals surface area contributed by atoms with Gasteiger partial charge in [0.1, 0.15) is 5.76 Å². The summed E-state index contributed by atoms with van der Waals surface area (Å²) in [5.74, 6) is 0.953. The number of nitrogens with zero attached hydrogens (tertiary/aromatic N) is 1. The lowest BCUT2D eigenvalue weighted by molar-refractivity contribution is 0.483. The van der Waals surface area contributed by atoms with Gasteiger partial charge in [-0.3, -0.25) is 4.98 Å². The maximum atomic E-state index is 5.19. The van der Waals surface area contributed by atoms with Crippen molar-refractivity contribution in [3.63, 3.8) is 0 Å². The first-order valence-corrected chi connectivity index (χ1v) is 4.57. The maximum absolute atomic E-state index is 5.19. The Labute approximate surface area is 94.9 Å². The first-order chi connectivity index (χ1) is 6.95. The van der Waals surface area contributed by atoms with E-state index >= 15 is 0 Å². The molecule has 0 radical (unpaired) electrons. The fraction of sp³-hybridized carbons (Fsp3) is 0.182. The van der Waals surface area contributed by atoms with Gasteiger partial charge in [0.15, 0.2) is 0 Å². The van der Waals surface area contributed by atoms with Crippen molar-refractivity contribution in [1.82, 2.24) is 10.3 Å². The third-order valence-electron chi connectivity index (χ3n) is 1.93. The summed E-state index contributed by atoms with van der Waals surface area (Å²) in [5, 5.41) is 3.27. The molecule has 15 heavy (non-hydrogen) atoms. The molecule has 0 amide bonds. The molecule has 0 unspecified atom stereocenters. The van der Waals surface area contributed by atoms with E-state index in [1.54, 1.807) is 12.5 Å². The lowest BCUT2D eigenvalue weighted by Gasteiger charge is -2.01. The average Bonchev–Trinajstić information content (AvgIpc) is 2.72. The molecule has 0 fully saturated rings. The van der Waals surface area contributed by atoms with Crippen LogP contribution in [0, 0.1) is 0 Å². The number of pyridine rings is 1. The molecule has 0 saturated carbocycles. The van der Waals surface area contributed by atoms with E-state index in [1.807, 2.05) is 30.5 Å². The molecule has 4 heteroatoms. The Kier molecular flexibility index (Phi) is 4.87. The van der Waals surface area contributed by atoms with Gasteiger partial charge in [-0.25, -0.2) is 0 Å². The number of nitrogens with one attached hydrogen (secondary N) is 1. The van der Waals surface area contributed by atoms with Crippen LogP contribution in [0.25, 0.3) is 0 Å². The number of aromatic nitrogens is 1. The minimum absolute atomic E-state index is 0. The Morgan fingerprint density at radius 3 is 2.80 bits per heavy atom. The molecule has 0 aliphatic heterocycles. The van der Waals surface area contributed by atoms with Crippen LogP contribution in [-0.4, -0.2) is 4.98 Å². The first kappa shape index (κ1) is 11.8. The number of hydrogen-bond donors (Lipinski definition) is 1. The molecule has 0 spiro atoms. The smallest absolute Gasteiger partial charge is 0.117 e. The van der Waals surface area contributed by atoms with Gasteiger partial charge >= 0.3 is 0 Å². The molecule has 0 aliphatic rings. The van der Waals surface area contributed by atoms with Crippen molar-refractivity contribution in [2.75, 3.05) is 0 Å². The average molecular weight is 225 g/mol. The molecular weight excluding hydrogens is 212 g/mol. The molecule has 2 aromatic rings. The van der Waals surface area contributed by atoms with Gasteiger partial charge in [-0.05, 0) is 23.8 Å². The van der Waals surface area contributed by atoms with Crippen LogP contribution in [-0.2, 0) is 13.1 Å². The topological polar surface area (TPSA) is 38.1 Å². The van der Waals surface area contributed by atoms with E-state index in [1.165, 1.54) is 5.56 Å². The van der Waals surface area contributed by atoms with Gasteiger partial charge in [-0.15, -0.1) is 12.4 Å². The van der Waals surface area contributed by atoms with Crippen molar-refractivity contribution in [2.24, 2.45) is 0 Å². The van der Waals surface area contributed by atoms with E-state index in [0.29, 0.717) is 0 Å². The second-order valence-electron chi connectivity index (χ2n) is 3.04. The number of halogens is 1. The molecule has 0 atom stereocenters. The second kappa shape index (κ2) is 6.22. The third kappa shape index (κ3) is 3.73. The zero-order valence-electron chi connectivity index (χ0n) is 8.22. The second-order valence-corrected chi connectivity index (χ2v) is 3.04. The van der Waals surface area contributed by atoms with E-state index in [2.05, 4.69) is 10.3 Å². The summed E-state index contributed by atoms with van der Waals surface area (Å²) in [7, 11) is 0. The van der Waals surface area contributed by atoms with Crippen molar-refractivity contribution in [3.05, 3.63) is 54.2 Å². The number of furan rings is 1. The zero-order valence-corrected chi connectivity index (χ0v) is 9.04. The minimum Gasteiger partial charge on any atom is -0.468 e. The molecule has 3 nitrogen and oxygen atoms in total. The summed E-state index contributed by atoms with van der Waals surface area (Å²) in [6, 6.07) is 7.82. The van der Waals surface area contributed by atoms with Crippen LogP contribution in [0.4, 0.5) is 0 Å². The molecule has 0 aliphatic carbocycles. The highest BCUT2D eigenvalue weighted by molar-refractivity contribution is 5.85. The molecule has 1 N–H and O–H groups in total. The SMILES string of the molecule is Cl.c1cncc(CNCc2ccco2)c1. The Morgan fingerprint density at radius 2 is 2.13 bits per heavy atom. The van der Waals surface area contributed by atoms with Crippen LogP contribution in [0.5, 0.6) is 0 Å². The highest BCUT2D eigenvalue weighted by atomic mass is 35.5. The van der Waals surface area contributed by atoms with Crippen molar-refractivity contribution in [3.8, 4) is 0 Å². The monoisotopic (exact) mass is 224 g/mol. The van der Waals surface area contributed by atoms with Crippen LogP contribution in [0.2, 0.25) is 0 Å². The van der Waals surface area contributed by atoms with Crippen molar-refractivity contribution < 1.29 is 4.42 Å². The molecule has 80 valence electrons. The van der Waals surface area contributed by atoms with Crippen LogP contribution in [0.3, 0.4) is 0 Å². The standard InChI is InChI=1S/C11H12N2O.ClH/c1-3-10(7-12-5-1)8-13-9-11-4-2-6-14-11;/h1-7,13H,8-9H2;1H. The van der Waals surface area contributed by atoms with E-state index in [-0.39, 0.29) is 12.4 Å². The summed E-state index contributed by atoms with van der Waals surface area (Å²) in [6.45, 7) is 1.57. The minimum atomic E-state index is 0. The predicted molar refractivity (Wildman–Crippen MR) is 60.7 cm³/mol. The van der Waals surface area contributed by atoms with Gasteiger partial charge in [-0.2, -0.15) is 0 Å². The Hall–Kier alpha value is -1.32. The molecule has 2 heterocycles. The number of hydrogen-bond acceptors (Lipinski definition) is 3. The quantitative estimate of drug-likeness (QED) is 0.867. The predicted octanol–water partition coefficient (Wildman–Crippen LogP) is 2.39. The summed E-state index contributed by atoms with van der Waals surface area (Å²) in [6.07, 6.45) is 5.31. The molecule has 0 aromatic carbocycles.